The van der Waals surface area contributed by atoms with Gasteiger partial charge in [0.25, 0.3) is 5.91 Å². The molecule has 1 aliphatic rings. The second-order valence-electron chi connectivity index (χ2n) is 4.85. The minimum atomic E-state index is -0.363. The molecular weight excluding hydrogens is 292 g/mol. The van der Waals surface area contributed by atoms with Crippen LogP contribution in [0.1, 0.15) is 42.1 Å². The number of nitrogens with one attached hydrogen (secondary N) is 2. The van der Waals surface area contributed by atoms with E-state index in [-0.39, 0.29) is 11.7 Å². The summed E-state index contributed by atoms with van der Waals surface area (Å²) in [6, 6.07) is 5.08. The third-order valence-electron chi connectivity index (χ3n) is 3.16. The minimum Gasteiger partial charge on any atom is -0.492 e. The van der Waals surface area contributed by atoms with Crippen LogP contribution in [0.4, 0.5) is 5.69 Å². The average molecular weight is 307 g/mol. The van der Waals surface area contributed by atoms with Gasteiger partial charge in [-0.2, -0.15) is 0 Å². The van der Waals surface area contributed by atoms with Crippen molar-refractivity contribution >= 4 is 23.2 Å². The molecule has 2 N–H and O–H groups in total. The number of nitrogens with zero attached hydrogens (tertiary/aromatic N) is 2. The number of aromatic amines is 1. The van der Waals surface area contributed by atoms with Crippen molar-refractivity contribution in [3.8, 4) is 5.75 Å². The molecule has 0 unspecified atom stereocenters. The molecule has 1 aliphatic carbocycles. The third kappa shape index (κ3) is 3.16. The fourth-order valence-electron chi connectivity index (χ4n) is 1.95. The molecule has 0 aliphatic heterocycles. The summed E-state index contributed by atoms with van der Waals surface area (Å²) in [5.41, 5.74) is 0.575. The number of carbonyl (C=O) groups excluding carboxylic acids is 1. The molecule has 1 fully saturated rings. The van der Waals surface area contributed by atoms with Crippen molar-refractivity contribution in [1.29, 1.82) is 0 Å². The van der Waals surface area contributed by atoms with E-state index in [0.29, 0.717) is 29.0 Å². The highest BCUT2D eigenvalue weighted by Crippen LogP contribution is 2.37. The van der Waals surface area contributed by atoms with Crippen molar-refractivity contribution in [2.24, 2.45) is 0 Å². The van der Waals surface area contributed by atoms with Gasteiger partial charge in [-0.15, -0.1) is 5.10 Å². The van der Waals surface area contributed by atoms with Crippen LogP contribution >= 0.6 is 11.6 Å². The Labute approximate surface area is 126 Å². The number of hydrogen-bond donors (Lipinski definition) is 2. The second-order valence-corrected chi connectivity index (χ2v) is 5.26. The summed E-state index contributed by atoms with van der Waals surface area (Å²) in [6.45, 7) is 2.42. The van der Waals surface area contributed by atoms with E-state index >= 15 is 0 Å². The summed E-state index contributed by atoms with van der Waals surface area (Å²) in [6.07, 6.45) is 2.20. The smallest absolute Gasteiger partial charge is 0.295 e. The quantitative estimate of drug-likeness (QED) is 0.890. The van der Waals surface area contributed by atoms with Crippen LogP contribution in [-0.2, 0) is 0 Å². The molecule has 0 saturated heterocycles. The van der Waals surface area contributed by atoms with Crippen molar-refractivity contribution in [3.05, 3.63) is 34.9 Å². The highest BCUT2D eigenvalue weighted by molar-refractivity contribution is 6.32. The normalized spacial score (nSPS) is 14.0. The van der Waals surface area contributed by atoms with Crippen LogP contribution in [0.25, 0.3) is 0 Å². The van der Waals surface area contributed by atoms with E-state index in [2.05, 4.69) is 20.5 Å². The van der Waals surface area contributed by atoms with E-state index in [4.69, 9.17) is 16.3 Å². The predicted octanol–water partition coefficient (Wildman–Crippen LogP) is 2.99. The molecule has 1 amide bonds. The number of aromatic nitrogens is 3. The molecule has 6 nitrogen and oxygen atoms in total. The largest absolute Gasteiger partial charge is 0.492 e. The Kier molecular flexibility index (Phi) is 3.79. The Morgan fingerprint density at radius 1 is 1.52 bits per heavy atom. The number of hydrogen-bond acceptors (Lipinski definition) is 4. The number of halogens is 1. The first kappa shape index (κ1) is 13.9. The topological polar surface area (TPSA) is 79.9 Å². The molecule has 1 heterocycles. The van der Waals surface area contributed by atoms with Gasteiger partial charge in [0.15, 0.2) is 0 Å². The van der Waals surface area contributed by atoms with Crippen LogP contribution in [0.15, 0.2) is 18.2 Å². The lowest BCUT2D eigenvalue weighted by Gasteiger charge is -2.08. The van der Waals surface area contributed by atoms with Gasteiger partial charge < -0.3 is 10.1 Å². The Balaban J connectivity index is 1.69. The average Bonchev–Trinajstić information content (AvgIpc) is 3.19. The Hall–Kier alpha value is -2.08. The van der Waals surface area contributed by atoms with E-state index < -0.39 is 0 Å². The van der Waals surface area contributed by atoms with Crippen LogP contribution in [0, 0.1) is 0 Å². The third-order valence-corrected chi connectivity index (χ3v) is 3.45. The van der Waals surface area contributed by atoms with E-state index in [0.717, 1.165) is 18.7 Å². The van der Waals surface area contributed by atoms with Crippen LogP contribution in [0.3, 0.4) is 0 Å². The molecule has 2 aromatic rings. The fourth-order valence-corrected chi connectivity index (χ4v) is 2.19. The standard InChI is InChI=1S/C14H15ClN4O2/c1-2-21-11-6-5-9(7-10(11)15)16-14(20)13-17-12(18-19-13)8-3-4-8/h5-8H,2-4H2,1H3,(H,16,20)(H,17,18,19). The van der Waals surface area contributed by atoms with Crippen LogP contribution in [0.2, 0.25) is 5.02 Å². The zero-order chi connectivity index (χ0) is 14.8. The summed E-state index contributed by atoms with van der Waals surface area (Å²) >= 11 is 6.08. The summed E-state index contributed by atoms with van der Waals surface area (Å²) in [4.78, 5) is 16.3. The van der Waals surface area contributed by atoms with Gasteiger partial charge in [-0.25, -0.2) is 4.98 Å². The zero-order valence-electron chi connectivity index (χ0n) is 11.5. The Morgan fingerprint density at radius 3 is 3.00 bits per heavy atom. The van der Waals surface area contributed by atoms with Gasteiger partial charge in [-0.1, -0.05) is 11.6 Å². The highest BCUT2D eigenvalue weighted by Gasteiger charge is 2.28. The molecule has 1 aromatic heterocycles. The van der Waals surface area contributed by atoms with E-state index in [1.54, 1.807) is 18.2 Å². The molecule has 0 spiro atoms. The number of anilines is 1. The molecule has 21 heavy (non-hydrogen) atoms. The fraction of sp³-hybridized carbons (Fsp3) is 0.357. The maximum atomic E-state index is 12.1. The van der Waals surface area contributed by atoms with Crippen LogP contribution in [0.5, 0.6) is 5.75 Å². The maximum Gasteiger partial charge on any atom is 0.295 e. The van der Waals surface area contributed by atoms with Gasteiger partial charge in [0.1, 0.15) is 11.6 Å². The lowest BCUT2D eigenvalue weighted by molar-refractivity contribution is 0.101. The molecule has 7 heteroatoms. The predicted molar refractivity (Wildman–Crippen MR) is 78.9 cm³/mol. The van der Waals surface area contributed by atoms with Crippen molar-refractivity contribution in [3.63, 3.8) is 0 Å². The van der Waals surface area contributed by atoms with Gasteiger partial charge in [0, 0.05) is 11.6 Å². The highest BCUT2D eigenvalue weighted by atomic mass is 35.5. The van der Waals surface area contributed by atoms with Gasteiger partial charge in [0.05, 0.1) is 11.6 Å². The first-order valence-electron chi connectivity index (χ1n) is 6.83. The van der Waals surface area contributed by atoms with Gasteiger partial charge in [-0.3, -0.25) is 9.89 Å². The van der Waals surface area contributed by atoms with Gasteiger partial charge >= 0.3 is 0 Å². The van der Waals surface area contributed by atoms with Crippen molar-refractivity contribution in [2.75, 3.05) is 11.9 Å². The van der Waals surface area contributed by atoms with E-state index in [9.17, 15) is 4.79 Å². The molecule has 110 valence electrons. The van der Waals surface area contributed by atoms with Crippen molar-refractivity contribution in [2.45, 2.75) is 25.7 Å². The summed E-state index contributed by atoms with van der Waals surface area (Å²) < 4.78 is 5.34. The molecule has 0 radical (unpaired) electrons. The van der Waals surface area contributed by atoms with Crippen molar-refractivity contribution in [1.82, 2.24) is 15.2 Å². The van der Waals surface area contributed by atoms with Gasteiger partial charge in [-0.05, 0) is 38.0 Å². The van der Waals surface area contributed by atoms with E-state index in [1.165, 1.54) is 0 Å². The molecule has 1 saturated carbocycles. The molecule has 1 aromatic carbocycles. The molecule has 0 bridgehead atoms. The van der Waals surface area contributed by atoms with Crippen LogP contribution < -0.4 is 10.1 Å². The first-order valence-corrected chi connectivity index (χ1v) is 7.21. The summed E-state index contributed by atoms with van der Waals surface area (Å²) in [7, 11) is 0. The Morgan fingerprint density at radius 2 is 2.33 bits per heavy atom. The first-order chi connectivity index (χ1) is 10.2. The Bertz CT molecular complexity index is 667. The number of carbonyl (C=O) groups is 1. The lowest BCUT2D eigenvalue weighted by Crippen LogP contribution is -2.13. The van der Waals surface area contributed by atoms with Gasteiger partial charge in [0.2, 0.25) is 5.82 Å². The lowest BCUT2D eigenvalue weighted by atomic mass is 10.3. The monoisotopic (exact) mass is 306 g/mol. The van der Waals surface area contributed by atoms with E-state index in [1.807, 2.05) is 6.92 Å². The second kappa shape index (κ2) is 5.73. The number of rotatable bonds is 5. The summed E-state index contributed by atoms with van der Waals surface area (Å²) in [5.74, 6) is 1.58. The SMILES string of the molecule is CCOc1ccc(NC(=O)c2n[nH]c(C3CC3)n2)cc1Cl. The molecular formula is C14H15ClN4O2. The number of amides is 1. The molecule has 0 atom stereocenters. The van der Waals surface area contributed by atoms with Crippen molar-refractivity contribution < 1.29 is 9.53 Å². The molecule has 3 rings (SSSR count). The summed E-state index contributed by atoms with van der Waals surface area (Å²) in [5, 5.41) is 9.91. The minimum absolute atomic E-state index is 0.141. The maximum absolute atomic E-state index is 12.1. The zero-order valence-corrected chi connectivity index (χ0v) is 12.3. The number of H-pyrrole nitrogens is 1. The van der Waals surface area contributed by atoms with Crippen LogP contribution in [-0.4, -0.2) is 27.7 Å². The number of benzene rings is 1. The number of ether oxygens (including phenoxy) is 1.